The lowest BCUT2D eigenvalue weighted by Gasteiger charge is -2.38. The van der Waals surface area contributed by atoms with Crippen molar-refractivity contribution in [3.63, 3.8) is 0 Å². The monoisotopic (exact) mass is 283 g/mol. The predicted molar refractivity (Wildman–Crippen MR) is 78.6 cm³/mol. The topological polar surface area (TPSA) is 47.6 Å². The number of carbonyl (C=O) groups excluding carboxylic acids is 1. The Labute approximate surface area is 122 Å². The molecule has 0 radical (unpaired) electrons. The minimum absolute atomic E-state index is 0.0298. The maximum absolute atomic E-state index is 12.2. The molecule has 0 aromatic carbocycles. The van der Waals surface area contributed by atoms with Gasteiger partial charge in [-0.05, 0) is 39.5 Å². The molecule has 1 N–H and O–H groups in total. The van der Waals surface area contributed by atoms with Crippen molar-refractivity contribution < 1.29 is 14.3 Å². The smallest absolute Gasteiger partial charge is 0.313 e. The molecule has 4 heteroatoms. The molecule has 1 aliphatic heterocycles. The molecule has 2 aliphatic rings. The Balaban J connectivity index is 1.93. The summed E-state index contributed by atoms with van der Waals surface area (Å²) in [4.78, 5) is 12.2. The third-order valence-electron chi connectivity index (χ3n) is 4.86. The zero-order chi connectivity index (χ0) is 14.6. The number of carbonyl (C=O) groups is 1. The van der Waals surface area contributed by atoms with Crippen LogP contribution in [0.1, 0.15) is 58.8 Å². The standard InChI is InChI=1S/C16H29NO3/c1-12-9-14(10-13(2)20-12)17-11-16(15(18)19-3)7-5-4-6-8-16/h12-14,17H,4-11H2,1-3H3/t12-,13+,14?. The first-order chi connectivity index (χ1) is 9.55. The van der Waals surface area contributed by atoms with Gasteiger partial charge < -0.3 is 14.8 Å². The van der Waals surface area contributed by atoms with Gasteiger partial charge in [-0.2, -0.15) is 0 Å². The highest BCUT2D eigenvalue weighted by atomic mass is 16.5. The number of rotatable bonds is 4. The molecule has 116 valence electrons. The second-order valence-electron chi connectivity index (χ2n) is 6.64. The Morgan fingerprint density at radius 1 is 1.20 bits per heavy atom. The molecule has 1 heterocycles. The van der Waals surface area contributed by atoms with Crippen LogP contribution in [0.3, 0.4) is 0 Å². The molecule has 20 heavy (non-hydrogen) atoms. The highest BCUT2D eigenvalue weighted by Crippen LogP contribution is 2.37. The van der Waals surface area contributed by atoms with Crippen molar-refractivity contribution in [3.8, 4) is 0 Å². The molecule has 0 aromatic rings. The first kappa shape index (κ1) is 15.8. The van der Waals surface area contributed by atoms with E-state index in [9.17, 15) is 4.79 Å². The van der Waals surface area contributed by atoms with Gasteiger partial charge in [0.15, 0.2) is 0 Å². The van der Waals surface area contributed by atoms with Gasteiger partial charge in [0.2, 0.25) is 0 Å². The van der Waals surface area contributed by atoms with Gasteiger partial charge in [-0.3, -0.25) is 4.79 Å². The van der Waals surface area contributed by atoms with Gasteiger partial charge in [-0.25, -0.2) is 0 Å². The van der Waals surface area contributed by atoms with Gasteiger partial charge in [0, 0.05) is 12.6 Å². The van der Waals surface area contributed by atoms with Crippen molar-refractivity contribution >= 4 is 5.97 Å². The average Bonchev–Trinajstić information content (AvgIpc) is 2.44. The third kappa shape index (κ3) is 3.73. The first-order valence-corrected chi connectivity index (χ1v) is 8.03. The van der Waals surface area contributed by atoms with E-state index < -0.39 is 0 Å². The number of ether oxygens (including phenoxy) is 2. The van der Waals surface area contributed by atoms with Crippen LogP contribution in [0.15, 0.2) is 0 Å². The fraction of sp³-hybridized carbons (Fsp3) is 0.938. The van der Waals surface area contributed by atoms with Gasteiger partial charge in [0.25, 0.3) is 0 Å². The molecule has 1 aliphatic carbocycles. The molecule has 0 bridgehead atoms. The molecule has 2 fully saturated rings. The zero-order valence-corrected chi connectivity index (χ0v) is 13.1. The van der Waals surface area contributed by atoms with Crippen molar-refractivity contribution in [2.45, 2.75) is 77.0 Å². The summed E-state index contributed by atoms with van der Waals surface area (Å²) in [7, 11) is 1.51. The van der Waals surface area contributed by atoms with E-state index in [0.717, 1.165) is 45.1 Å². The largest absolute Gasteiger partial charge is 0.469 e. The number of nitrogens with one attached hydrogen (secondary N) is 1. The Morgan fingerprint density at radius 2 is 1.80 bits per heavy atom. The van der Waals surface area contributed by atoms with Crippen molar-refractivity contribution in [1.29, 1.82) is 0 Å². The maximum Gasteiger partial charge on any atom is 0.313 e. The van der Waals surface area contributed by atoms with E-state index in [-0.39, 0.29) is 11.4 Å². The van der Waals surface area contributed by atoms with Crippen LogP contribution in [0.2, 0.25) is 0 Å². The molecule has 4 nitrogen and oxygen atoms in total. The Bertz CT molecular complexity index is 316. The fourth-order valence-electron chi connectivity index (χ4n) is 3.81. The molecule has 1 saturated carbocycles. The maximum atomic E-state index is 12.2. The SMILES string of the molecule is COC(=O)C1(CNC2C[C@@H](C)O[C@@H](C)C2)CCCCC1. The summed E-state index contributed by atoms with van der Waals surface area (Å²) in [5.74, 6) is -0.0298. The molecule has 0 spiro atoms. The highest BCUT2D eigenvalue weighted by Gasteiger charge is 2.41. The summed E-state index contributed by atoms with van der Waals surface area (Å²) in [5.41, 5.74) is -0.294. The summed E-state index contributed by atoms with van der Waals surface area (Å²) in [6, 6.07) is 0.456. The predicted octanol–water partition coefficient (Wildman–Crippen LogP) is 2.66. The van der Waals surface area contributed by atoms with Crippen LogP contribution in [0, 0.1) is 5.41 Å². The molecule has 2 rings (SSSR count). The molecule has 1 saturated heterocycles. The lowest BCUT2D eigenvalue weighted by molar-refractivity contribution is -0.154. The van der Waals surface area contributed by atoms with Gasteiger partial charge in [-0.15, -0.1) is 0 Å². The van der Waals surface area contributed by atoms with Gasteiger partial charge in [0.1, 0.15) is 0 Å². The minimum Gasteiger partial charge on any atom is -0.469 e. The lowest BCUT2D eigenvalue weighted by atomic mass is 9.73. The summed E-state index contributed by atoms with van der Waals surface area (Å²) >= 11 is 0. The van der Waals surface area contributed by atoms with Crippen LogP contribution in [-0.4, -0.2) is 37.9 Å². The van der Waals surface area contributed by atoms with Crippen LogP contribution >= 0.6 is 0 Å². The van der Waals surface area contributed by atoms with E-state index in [4.69, 9.17) is 9.47 Å². The van der Waals surface area contributed by atoms with Crippen molar-refractivity contribution in [2.75, 3.05) is 13.7 Å². The van der Waals surface area contributed by atoms with Crippen molar-refractivity contribution in [2.24, 2.45) is 5.41 Å². The van der Waals surface area contributed by atoms with Crippen LogP contribution in [0.5, 0.6) is 0 Å². The Hall–Kier alpha value is -0.610. The molecular formula is C16H29NO3. The lowest BCUT2D eigenvalue weighted by Crippen LogP contribution is -2.49. The average molecular weight is 283 g/mol. The second-order valence-corrected chi connectivity index (χ2v) is 6.64. The van der Waals surface area contributed by atoms with E-state index in [1.165, 1.54) is 13.5 Å². The summed E-state index contributed by atoms with van der Waals surface area (Å²) in [5, 5.41) is 3.63. The fourth-order valence-corrected chi connectivity index (χ4v) is 3.81. The molecule has 3 atom stereocenters. The number of hydrogen-bond acceptors (Lipinski definition) is 4. The van der Waals surface area contributed by atoms with E-state index in [1.807, 2.05) is 0 Å². The molecule has 0 amide bonds. The second kappa shape index (κ2) is 6.90. The molecular weight excluding hydrogens is 254 g/mol. The van der Waals surface area contributed by atoms with E-state index in [0.29, 0.717) is 18.2 Å². The Kier molecular flexibility index (Phi) is 5.44. The molecule has 1 unspecified atom stereocenters. The van der Waals surface area contributed by atoms with Crippen molar-refractivity contribution in [1.82, 2.24) is 5.32 Å². The van der Waals surface area contributed by atoms with Gasteiger partial charge in [0.05, 0.1) is 24.7 Å². The normalized spacial score (nSPS) is 33.6. The Morgan fingerprint density at radius 3 is 2.35 bits per heavy atom. The third-order valence-corrected chi connectivity index (χ3v) is 4.86. The molecule has 0 aromatic heterocycles. The summed E-state index contributed by atoms with van der Waals surface area (Å²) < 4.78 is 10.8. The van der Waals surface area contributed by atoms with Crippen molar-refractivity contribution in [3.05, 3.63) is 0 Å². The van der Waals surface area contributed by atoms with Gasteiger partial charge >= 0.3 is 5.97 Å². The highest BCUT2D eigenvalue weighted by molar-refractivity contribution is 5.77. The van der Waals surface area contributed by atoms with Crippen LogP contribution in [0.25, 0.3) is 0 Å². The van der Waals surface area contributed by atoms with Crippen LogP contribution < -0.4 is 5.32 Å². The minimum atomic E-state index is -0.294. The van der Waals surface area contributed by atoms with Gasteiger partial charge in [-0.1, -0.05) is 19.3 Å². The van der Waals surface area contributed by atoms with Crippen LogP contribution in [-0.2, 0) is 14.3 Å². The van der Waals surface area contributed by atoms with E-state index in [1.54, 1.807) is 0 Å². The number of esters is 1. The summed E-state index contributed by atoms with van der Waals surface area (Å²) in [6.07, 6.45) is 8.10. The summed E-state index contributed by atoms with van der Waals surface area (Å²) in [6.45, 7) is 5.01. The van der Waals surface area contributed by atoms with E-state index in [2.05, 4.69) is 19.2 Å². The first-order valence-electron chi connectivity index (χ1n) is 8.03. The number of methoxy groups -OCH3 is 1. The number of hydrogen-bond donors (Lipinski definition) is 1. The van der Waals surface area contributed by atoms with Crippen LogP contribution in [0.4, 0.5) is 0 Å². The zero-order valence-electron chi connectivity index (χ0n) is 13.1. The quantitative estimate of drug-likeness (QED) is 0.806. The van der Waals surface area contributed by atoms with E-state index >= 15 is 0 Å².